The second kappa shape index (κ2) is 10.5. The van der Waals surface area contributed by atoms with Gasteiger partial charge in [-0.2, -0.15) is 0 Å². The summed E-state index contributed by atoms with van der Waals surface area (Å²) in [6, 6.07) is 10.2. The maximum Gasteiger partial charge on any atom is 0.251 e. The van der Waals surface area contributed by atoms with Crippen LogP contribution in [-0.2, 0) is 9.53 Å². The van der Waals surface area contributed by atoms with Crippen molar-refractivity contribution in [2.45, 2.75) is 19.1 Å². The van der Waals surface area contributed by atoms with Gasteiger partial charge in [0.15, 0.2) is 5.82 Å². The number of pyridine rings is 1. The van der Waals surface area contributed by atoms with E-state index in [-0.39, 0.29) is 12.0 Å². The number of fused-ring (bicyclic) bond motifs is 1. The van der Waals surface area contributed by atoms with E-state index < -0.39 is 6.10 Å². The van der Waals surface area contributed by atoms with Gasteiger partial charge in [-0.3, -0.25) is 9.78 Å². The molecule has 0 bridgehead atoms. The highest BCUT2D eigenvalue weighted by molar-refractivity contribution is 5.88. The van der Waals surface area contributed by atoms with Crippen LogP contribution in [0.2, 0.25) is 0 Å². The van der Waals surface area contributed by atoms with Gasteiger partial charge in [-0.15, -0.1) is 0 Å². The normalized spacial score (nSPS) is 19.5. The van der Waals surface area contributed by atoms with Gasteiger partial charge < -0.3 is 30.3 Å². The van der Waals surface area contributed by atoms with Crippen LogP contribution in [0.15, 0.2) is 42.7 Å². The van der Waals surface area contributed by atoms with Crippen molar-refractivity contribution >= 4 is 28.4 Å². The first-order chi connectivity index (χ1) is 17.1. The number of aliphatic hydroxyl groups is 1. The number of ether oxygens (including phenoxy) is 1. The first kappa shape index (κ1) is 23.4. The summed E-state index contributed by atoms with van der Waals surface area (Å²) >= 11 is 0. The highest BCUT2D eigenvalue weighted by Gasteiger charge is 2.24. The van der Waals surface area contributed by atoms with Gasteiger partial charge in [0.2, 0.25) is 0 Å². The molecule has 184 valence electrons. The molecule has 2 atom stereocenters. The van der Waals surface area contributed by atoms with E-state index in [1.165, 1.54) is 6.92 Å². The molecular formula is C25H31N7O3. The molecule has 2 saturated heterocycles. The number of aromatic nitrogens is 3. The quantitative estimate of drug-likeness (QED) is 0.480. The van der Waals surface area contributed by atoms with Gasteiger partial charge in [0, 0.05) is 69.5 Å². The van der Waals surface area contributed by atoms with E-state index in [0.29, 0.717) is 32.1 Å². The molecule has 10 heteroatoms. The SMILES string of the molecule is C[C@@H](O)C(=O)N1CCN(c2ccc(-c3cc4nccnc4c(NC[C@@H]4CNCCO4)n3)cc2)CC1. The molecule has 0 spiro atoms. The number of benzene rings is 1. The first-order valence-corrected chi connectivity index (χ1v) is 12.1. The number of morpholine rings is 1. The number of hydrogen-bond acceptors (Lipinski definition) is 9. The number of piperazine rings is 1. The number of amides is 1. The van der Waals surface area contributed by atoms with Crippen LogP contribution in [0.1, 0.15) is 6.92 Å². The van der Waals surface area contributed by atoms with Crippen molar-refractivity contribution in [3.8, 4) is 11.3 Å². The summed E-state index contributed by atoms with van der Waals surface area (Å²) in [5.74, 6) is 0.490. The van der Waals surface area contributed by atoms with E-state index >= 15 is 0 Å². The van der Waals surface area contributed by atoms with Gasteiger partial charge in [0.1, 0.15) is 11.6 Å². The zero-order chi connectivity index (χ0) is 24.2. The van der Waals surface area contributed by atoms with Crippen molar-refractivity contribution in [3.63, 3.8) is 0 Å². The summed E-state index contributed by atoms with van der Waals surface area (Å²) in [4.78, 5) is 29.9. The van der Waals surface area contributed by atoms with Crippen LogP contribution >= 0.6 is 0 Å². The molecule has 2 fully saturated rings. The minimum absolute atomic E-state index is 0.0801. The second-order valence-electron chi connectivity index (χ2n) is 8.89. The van der Waals surface area contributed by atoms with Gasteiger partial charge >= 0.3 is 0 Å². The average Bonchev–Trinajstić information content (AvgIpc) is 2.92. The van der Waals surface area contributed by atoms with Crippen LogP contribution in [0, 0.1) is 0 Å². The zero-order valence-electron chi connectivity index (χ0n) is 19.9. The lowest BCUT2D eigenvalue weighted by molar-refractivity contribution is -0.139. The highest BCUT2D eigenvalue weighted by atomic mass is 16.5. The number of aliphatic hydroxyl groups excluding tert-OH is 1. The van der Waals surface area contributed by atoms with Crippen LogP contribution in [0.25, 0.3) is 22.3 Å². The number of rotatable bonds is 6. The standard InChI is InChI=1S/C25H31N7O3/c1-17(33)25(34)32-11-9-31(10-12-32)19-4-2-18(3-5-19)21-14-22-23(28-7-6-27-22)24(30-21)29-16-20-15-26-8-13-35-20/h2-7,14,17,20,26,33H,8-13,15-16H2,1H3,(H,29,30)/t17-,20+/m1/s1. The molecular weight excluding hydrogens is 446 g/mol. The van der Waals surface area contributed by atoms with Crippen molar-refractivity contribution < 1.29 is 14.6 Å². The summed E-state index contributed by atoms with van der Waals surface area (Å²) in [6.45, 7) is 7.21. The fourth-order valence-corrected chi connectivity index (χ4v) is 4.50. The summed E-state index contributed by atoms with van der Waals surface area (Å²) in [5.41, 5.74) is 4.43. The van der Waals surface area contributed by atoms with Crippen LogP contribution in [0.3, 0.4) is 0 Å². The van der Waals surface area contributed by atoms with Crippen molar-refractivity contribution in [2.75, 3.05) is 62.6 Å². The Kier molecular flexibility index (Phi) is 7.03. The Labute approximate surface area is 204 Å². The minimum Gasteiger partial charge on any atom is -0.384 e. The Morgan fingerprint density at radius 2 is 1.97 bits per heavy atom. The van der Waals surface area contributed by atoms with Gasteiger partial charge in [-0.25, -0.2) is 9.97 Å². The Bertz CT molecular complexity index is 1160. The lowest BCUT2D eigenvalue weighted by Gasteiger charge is -2.36. The summed E-state index contributed by atoms with van der Waals surface area (Å²) in [7, 11) is 0. The fourth-order valence-electron chi connectivity index (χ4n) is 4.50. The van der Waals surface area contributed by atoms with Crippen molar-refractivity contribution in [1.82, 2.24) is 25.2 Å². The number of nitrogens with zero attached hydrogens (tertiary/aromatic N) is 5. The van der Waals surface area contributed by atoms with E-state index in [4.69, 9.17) is 9.72 Å². The Balaban J connectivity index is 1.31. The van der Waals surface area contributed by atoms with E-state index in [9.17, 15) is 9.90 Å². The third-order valence-corrected chi connectivity index (χ3v) is 6.44. The minimum atomic E-state index is -0.953. The van der Waals surface area contributed by atoms with Gasteiger partial charge in [0.05, 0.1) is 23.9 Å². The summed E-state index contributed by atoms with van der Waals surface area (Å²) < 4.78 is 5.80. The fraction of sp³-hybridized carbons (Fsp3) is 0.440. The number of carbonyl (C=O) groups excluding carboxylic acids is 1. The molecule has 3 N–H and O–H groups in total. The van der Waals surface area contributed by atoms with Crippen molar-refractivity contribution in [3.05, 3.63) is 42.7 Å². The van der Waals surface area contributed by atoms with Crippen LogP contribution in [0.4, 0.5) is 11.5 Å². The molecule has 10 nitrogen and oxygen atoms in total. The Morgan fingerprint density at radius 3 is 2.69 bits per heavy atom. The van der Waals surface area contributed by atoms with Gasteiger partial charge in [0.25, 0.3) is 5.91 Å². The summed E-state index contributed by atoms with van der Waals surface area (Å²) in [5, 5.41) is 16.3. The number of nitrogens with one attached hydrogen (secondary N) is 2. The van der Waals surface area contributed by atoms with Crippen LogP contribution in [-0.4, -0.2) is 95.5 Å². The van der Waals surface area contributed by atoms with E-state index in [1.54, 1.807) is 17.3 Å². The lowest BCUT2D eigenvalue weighted by Crippen LogP contribution is -2.51. The molecule has 2 aliphatic rings. The summed E-state index contributed by atoms with van der Waals surface area (Å²) in [6.07, 6.45) is 2.49. The molecule has 5 rings (SSSR count). The van der Waals surface area contributed by atoms with Gasteiger partial charge in [-0.05, 0) is 25.1 Å². The van der Waals surface area contributed by atoms with Gasteiger partial charge in [-0.1, -0.05) is 12.1 Å². The van der Waals surface area contributed by atoms with Crippen LogP contribution in [0.5, 0.6) is 0 Å². The zero-order valence-corrected chi connectivity index (χ0v) is 19.9. The topological polar surface area (TPSA) is 116 Å². The maximum atomic E-state index is 12.0. The average molecular weight is 478 g/mol. The third kappa shape index (κ3) is 5.34. The molecule has 1 aromatic carbocycles. The molecule has 0 radical (unpaired) electrons. The molecule has 3 aromatic rings. The van der Waals surface area contributed by atoms with Crippen molar-refractivity contribution in [2.24, 2.45) is 0 Å². The first-order valence-electron chi connectivity index (χ1n) is 12.1. The molecule has 1 amide bonds. The molecule has 0 saturated carbocycles. The molecule has 2 aromatic heterocycles. The maximum absolute atomic E-state index is 12.0. The highest BCUT2D eigenvalue weighted by Crippen LogP contribution is 2.27. The molecule has 2 aliphatic heterocycles. The molecule has 35 heavy (non-hydrogen) atoms. The molecule has 0 aliphatic carbocycles. The predicted octanol–water partition coefficient (Wildman–Crippen LogP) is 1.12. The van der Waals surface area contributed by atoms with E-state index in [2.05, 4.69) is 49.8 Å². The molecule has 4 heterocycles. The Morgan fingerprint density at radius 1 is 1.20 bits per heavy atom. The van der Waals surface area contributed by atoms with E-state index in [0.717, 1.165) is 54.2 Å². The van der Waals surface area contributed by atoms with E-state index in [1.807, 2.05) is 6.07 Å². The second-order valence-corrected chi connectivity index (χ2v) is 8.89. The number of carbonyl (C=O) groups is 1. The van der Waals surface area contributed by atoms with Crippen LogP contribution < -0.4 is 15.5 Å². The third-order valence-electron chi connectivity index (χ3n) is 6.44. The molecule has 0 unspecified atom stereocenters. The smallest absolute Gasteiger partial charge is 0.251 e. The van der Waals surface area contributed by atoms with Crippen molar-refractivity contribution in [1.29, 1.82) is 0 Å². The lowest BCUT2D eigenvalue weighted by atomic mass is 10.1. The number of anilines is 2. The largest absolute Gasteiger partial charge is 0.384 e. The predicted molar refractivity (Wildman–Crippen MR) is 134 cm³/mol. The monoisotopic (exact) mass is 477 g/mol. The number of hydrogen-bond donors (Lipinski definition) is 3. The Hall–Kier alpha value is -3.34.